The molecule has 2 N–H and O–H groups in total. The fourth-order valence-electron chi connectivity index (χ4n) is 2.05. The highest BCUT2D eigenvalue weighted by Crippen LogP contribution is 2.29. The number of carbonyl (C=O) groups excluding carboxylic acids is 1. The van der Waals surface area contributed by atoms with Gasteiger partial charge in [-0.2, -0.15) is 0 Å². The lowest BCUT2D eigenvalue weighted by Gasteiger charge is -2.16. The molecule has 19 heavy (non-hydrogen) atoms. The fraction of sp³-hybridized carbons (Fsp3) is 0.154. The molecular weight excluding hydrogens is 264 g/mol. The van der Waals surface area contributed by atoms with E-state index in [2.05, 4.69) is 0 Å². The van der Waals surface area contributed by atoms with Gasteiger partial charge in [-0.15, -0.1) is 0 Å². The van der Waals surface area contributed by atoms with E-state index in [0.29, 0.717) is 0 Å². The Morgan fingerprint density at radius 2 is 1.84 bits per heavy atom. The number of ketones is 1. The zero-order chi connectivity index (χ0) is 14.4. The number of sulfone groups is 1. The SMILES string of the molecule is CC(=N)c1ccc2c(c1S(C)(=O)=O)C=CC(=N)C2=O. The third-order valence-corrected chi connectivity index (χ3v) is 4.06. The second-order valence-electron chi connectivity index (χ2n) is 4.38. The monoisotopic (exact) mass is 276 g/mol. The van der Waals surface area contributed by atoms with E-state index in [1.807, 2.05) is 0 Å². The molecule has 0 saturated heterocycles. The molecule has 0 unspecified atom stereocenters. The summed E-state index contributed by atoms with van der Waals surface area (Å²) in [6.07, 6.45) is 3.78. The van der Waals surface area contributed by atoms with Crippen molar-refractivity contribution in [2.75, 3.05) is 6.26 Å². The predicted octanol–water partition coefficient (Wildman–Crippen LogP) is 1.71. The van der Waals surface area contributed by atoms with Gasteiger partial charge in [0.25, 0.3) is 0 Å². The van der Waals surface area contributed by atoms with Gasteiger partial charge in [0.1, 0.15) is 5.71 Å². The van der Waals surface area contributed by atoms with Gasteiger partial charge in [-0.1, -0.05) is 12.1 Å². The number of fused-ring (bicyclic) bond motifs is 1. The van der Waals surface area contributed by atoms with E-state index in [0.717, 1.165) is 6.26 Å². The molecule has 1 aliphatic rings. The van der Waals surface area contributed by atoms with Crippen LogP contribution in [0.3, 0.4) is 0 Å². The lowest BCUT2D eigenvalue weighted by atomic mass is 9.92. The van der Waals surface area contributed by atoms with Crippen LogP contribution in [0.2, 0.25) is 0 Å². The van der Waals surface area contributed by atoms with Crippen molar-refractivity contribution in [1.82, 2.24) is 0 Å². The van der Waals surface area contributed by atoms with Crippen LogP contribution in [-0.2, 0) is 9.84 Å². The van der Waals surface area contributed by atoms with Gasteiger partial charge in [-0.05, 0) is 19.1 Å². The maximum Gasteiger partial charge on any atom is 0.211 e. The van der Waals surface area contributed by atoms with Gasteiger partial charge in [-0.3, -0.25) is 10.2 Å². The van der Waals surface area contributed by atoms with E-state index in [1.165, 1.54) is 31.2 Å². The number of rotatable bonds is 2. The van der Waals surface area contributed by atoms with Crippen molar-refractivity contribution >= 4 is 33.1 Å². The summed E-state index contributed by atoms with van der Waals surface area (Å²) in [5.74, 6) is -0.503. The van der Waals surface area contributed by atoms with Gasteiger partial charge in [0.05, 0.1) is 4.90 Å². The van der Waals surface area contributed by atoms with Crippen LogP contribution in [0.4, 0.5) is 0 Å². The maximum absolute atomic E-state index is 11.9. The summed E-state index contributed by atoms with van der Waals surface area (Å²) in [4.78, 5) is 11.8. The summed E-state index contributed by atoms with van der Waals surface area (Å²) < 4.78 is 23.8. The molecule has 0 spiro atoms. The van der Waals surface area contributed by atoms with E-state index in [4.69, 9.17) is 10.8 Å². The highest BCUT2D eigenvalue weighted by Gasteiger charge is 2.26. The zero-order valence-electron chi connectivity index (χ0n) is 10.4. The Kier molecular flexibility index (Phi) is 2.98. The number of hydrogen-bond donors (Lipinski definition) is 2. The van der Waals surface area contributed by atoms with Crippen molar-refractivity contribution in [3.63, 3.8) is 0 Å². The molecule has 98 valence electrons. The Labute approximate surface area is 110 Å². The highest BCUT2D eigenvalue weighted by atomic mass is 32.2. The number of Topliss-reactive ketones (excluding diaryl/α,β-unsaturated/α-hetero) is 1. The largest absolute Gasteiger partial charge is 0.305 e. The number of carbonyl (C=O) groups is 1. The maximum atomic E-state index is 11.9. The summed E-state index contributed by atoms with van der Waals surface area (Å²) >= 11 is 0. The first-order valence-corrected chi connectivity index (χ1v) is 7.36. The number of benzene rings is 1. The molecule has 0 radical (unpaired) electrons. The molecule has 0 aliphatic heterocycles. The van der Waals surface area contributed by atoms with Gasteiger partial charge in [-0.25, -0.2) is 8.42 Å². The van der Waals surface area contributed by atoms with Crippen LogP contribution in [0.5, 0.6) is 0 Å². The summed E-state index contributed by atoms with van der Waals surface area (Å²) in [6, 6.07) is 2.92. The van der Waals surface area contributed by atoms with Crippen LogP contribution in [0.1, 0.15) is 28.4 Å². The van der Waals surface area contributed by atoms with Crippen LogP contribution in [0.25, 0.3) is 6.08 Å². The van der Waals surface area contributed by atoms with E-state index >= 15 is 0 Å². The van der Waals surface area contributed by atoms with Crippen LogP contribution < -0.4 is 0 Å². The molecule has 0 fully saturated rings. The number of allylic oxidation sites excluding steroid dienone is 1. The summed E-state index contributed by atoms with van der Waals surface area (Å²) in [7, 11) is -3.58. The first-order chi connectivity index (χ1) is 8.73. The van der Waals surface area contributed by atoms with Crippen molar-refractivity contribution in [3.8, 4) is 0 Å². The van der Waals surface area contributed by atoms with Gasteiger partial charge in [0.2, 0.25) is 5.78 Å². The fourth-order valence-corrected chi connectivity index (χ4v) is 3.24. The molecule has 2 rings (SSSR count). The number of nitrogens with one attached hydrogen (secondary N) is 2. The summed E-state index contributed by atoms with van der Waals surface area (Å²) in [5.41, 5.74) is 0.689. The molecule has 1 aromatic rings. The van der Waals surface area contributed by atoms with Crippen LogP contribution in [0, 0.1) is 10.8 Å². The predicted molar refractivity (Wildman–Crippen MR) is 73.1 cm³/mol. The van der Waals surface area contributed by atoms with E-state index in [-0.39, 0.29) is 33.0 Å². The normalized spacial score (nSPS) is 14.4. The van der Waals surface area contributed by atoms with E-state index < -0.39 is 15.6 Å². The van der Waals surface area contributed by atoms with Crippen LogP contribution in [0.15, 0.2) is 23.1 Å². The standard InChI is InChI=1S/C13H12N2O3S/c1-7(14)8-3-4-9-10(13(8)19(2,17)18)5-6-11(15)12(9)16/h3-6,14-15H,1-2H3. The third kappa shape index (κ3) is 2.15. The molecule has 0 bridgehead atoms. The smallest absolute Gasteiger partial charge is 0.211 e. The molecular formula is C13H12N2O3S. The first-order valence-electron chi connectivity index (χ1n) is 5.47. The topological polar surface area (TPSA) is 98.9 Å². The van der Waals surface area contributed by atoms with Crippen LogP contribution >= 0.6 is 0 Å². The third-order valence-electron chi connectivity index (χ3n) is 2.88. The number of hydrogen-bond acceptors (Lipinski definition) is 5. The molecule has 0 atom stereocenters. The van der Waals surface area contributed by atoms with Crippen molar-refractivity contribution in [2.45, 2.75) is 11.8 Å². The average Bonchev–Trinajstić information content (AvgIpc) is 2.31. The van der Waals surface area contributed by atoms with Crippen LogP contribution in [-0.4, -0.2) is 31.9 Å². The van der Waals surface area contributed by atoms with Crippen molar-refractivity contribution in [3.05, 3.63) is 34.9 Å². The Morgan fingerprint density at radius 3 is 2.37 bits per heavy atom. The zero-order valence-corrected chi connectivity index (χ0v) is 11.3. The molecule has 1 aromatic carbocycles. The Bertz CT molecular complexity index is 758. The molecule has 0 saturated carbocycles. The molecule has 1 aliphatic carbocycles. The second kappa shape index (κ2) is 4.24. The van der Waals surface area contributed by atoms with Gasteiger partial charge < -0.3 is 5.41 Å². The molecule has 5 nitrogen and oxygen atoms in total. The first kappa shape index (κ1) is 13.4. The average molecular weight is 276 g/mol. The summed E-state index contributed by atoms with van der Waals surface area (Å²) in [6.45, 7) is 1.49. The minimum Gasteiger partial charge on any atom is -0.305 e. The highest BCUT2D eigenvalue weighted by molar-refractivity contribution is 7.90. The molecule has 0 heterocycles. The minimum absolute atomic E-state index is 0.0189. The quantitative estimate of drug-likeness (QED) is 0.804. The van der Waals surface area contributed by atoms with E-state index in [9.17, 15) is 13.2 Å². The molecule has 0 aromatic heterocycles. The van der Waals surface area contributed by atoms with E-state index in [1.54, 1.807) is 0 Å². The Balaban J connectivity index is 2.93. The second-order valence-corrected chi connectivity index (χ2v) is 6.33. The van der Waals surface area contributed by atoms with Crippen molar-refractivity contribution in [1.29, 1.82) is 10.8 Å². The van der Waals surface area contributed by atoms with Gasteiger partial charge in [0, 0.05) is 28.7 Å². The summed E-state index contributed by atoms with van der Waals surface area (Å²) in [5, 5.41) is 15.1. The molecule has 0 amide bonds. The Morgan fingerprint density at radius 1 is 1.21 bits per heavy atom. The Hall–Kier alpha value is -2.08. The minimum atomic E-state index is -3.58. The van der Waals surface area contributed by atoms with Crippen molar-refractivity contribution in [2.24, 2.45) is 0 Å². The molecule has 6 heteroatoms. The lowest BCUT2D eigenvalue weighted by molar-refractivity contribution is 0.106. The van der Waals surface area contributed by atoms with Crippen molar-refractivity contribution < 1.29 is 13.2 Å². The van der Waals surface area contributed by atoms with Gasteiger partial charge in [0.15, 0.2) is 9.84 Å². The van der Waals surface area contributed by atoms with Gasteiger partial charge >= 0.3 is 0 Å². The lowest BCUT2D eigenvalue weighted by Crippen LogP contribution is -2.19.